The first-order valence-electron chi connectivity index (χ1n) is 16.9. The zero-order valence-corrected chi connectivity index (χ0v) is 27.8. The second-order valence-corrected chi connectivity index (χ2v) is 11.7. The van der Waals surface area contributed by atoms with Crippen molar-refractivity contribution in [1.82, 2.24) is 0 Å². The minimum Gasteiger partial charge on any atom is -0.493 e. The van der Waals surface area contributed by atoms with Crippen LogP contribution in [0.4, 0.5) is 0 Å². The SMILES string of the molecule is CCCCCCCC(=O)OCCCOc1ccc(C(=O)Oc2ccc(-c3ccc(C(=O)OC(C)CCCCCC)cc3)cc2)cc1. The predicted octanol–water partition coefficient (Wildman–Crippen LogP) is 9.76. The molecule has 3 aromatic rings. The van der Waals surface area contributed by atoms with Crippen molar-refractivity contribution in [3.63, 3.8) is 0 Å². The maximum absolute atomic E-state index is 12.7. The number of benzene rings is 3. The van der Waals surface area contributed by atoms with Gasteiger partial charge in [-0.3, -0.25) is 4.79 Å². The van der Waals surface area contributed by atoms with Crippen LogP contribution in [0.15, 0.2) is 72.8 Å². The first-order chi connectivity index (χ1) is 22.4. The lowest BCUT2D eigenvalue weighted by Crippen LogP contribution is -2.15. The number of esters is 3. The molecule has 0 aliphatic carbocycles. The lowest BCUT2D eigenvalue weighted by atomic mass is 10.0. The molecule has 0 N–H and O–H groups in total. The molecule has 0 heterocycles. The van der Waals surface area contributed by atoms with Crippen LogP contribution in [0.1, 0.15) is 119 Å². The van der Waals surface area contributed by atoms with E-state index in [1.54, 1.807) is 48.5 Å². The minimum atomic E-state index is -0.469. The van der Waals surface area contributed by atoms with Gasteiger partial charge in [0.15, 0.2) is 0 Å². The number of hydrogen-bond donors (Lipinski definition) is 0. The Morgan fingerprint density at radius 3 is 1.78 bits per heavy atom. The highest BCUT2D eigenvalue weighted by molar-refractivity contribution is 5.91. The van der Waals surface area contributed by atoms with Crippen molar-refractivity contribution in [1.29, 1.82) is 0 Å². The predicted molar refractivity (Wildman–Crippen MR) is 181 cm³/mol. The van der Waals surface area contributed by atoms with Crippen molar-refractivity contribution < 1.29 is 33.3 Å². The third-order valence-corrected chi connectivity index (χ3v) is 7.69. The molecule has 3 aromatic carbocycles. The van der Waals surface area contributed by atoms with Crippen molar-refractivity contribution in [2.45, 2.75) is 104 Å². The standard InChI is InChI=1S/C39H50O7/c1-4-6-8-10-12-15-37(40)44-29-13-28-43-35-24-22-34(23-25-35)39(42)46-36-26-20-32(21-27-36)31-16-18-33(19-17-31)38(41)45-30(3)14-11-9-7-5-2/h16-27,30H,4-15,28-29H2,1-3H3. The molecule has 3 rings (SSSR count). The van der Waals surface area contributed by atoms with Crippen molar-refractivity contribution in [3.05, 3.63) is 83.9 Å². The zero-order chi connectivity index (χ0) is 33.0. The number of hydrogen-bond acceptors (Lipinski definition) is 7. The highest BCUT2D eigenvalue weighted by atomic mass is 16.5. The Hall–Kier alpha value is -4.13. The molecule has 248 valence electrons. The number of unbranched alkanes of at least 4 members (excludes halogenated alkanes) is 7. The van der Waals surface area contributed by atoms with Gasteiger partial charge in [-0.05, 0) is 85.8 Å². The molecule has 0 aliphatic rings. The zero-order valence-electron chi connectivity index (χ0n) is 27.8. The van der Waals surface area contributed by atoms with Crippen LogP contribution in [0.2, 0.25) is 0 Å². The van der Waals surface area contributed by atoms with E-state index in [4.69, 9.17) is 18.9 Å². The largest absolute Gasteiger partial charge is 0.493 e. The van der Waals surface area contributed by atoms with Gasteiger partial charge in [-0.25, -0.2) is 9.59 Å². The summed E-state index contributed by atoms with van der Waals surface area (Å²) < 4.78 is 22.1. The second kappa shape index (κ2) is 20.8. The first-order valence-corrected chi connectivity index (χ1v) is 16.9. The van der Waals surface area contributed by atoms with Crippen LogP contribution >= 0.6 is 0 Å². The number of ether oxygens (including phenoxy) is 4. The van der Waals surface area contributed by atoms with E-state index in [-0.39, 0.29) is 18.0 Å². The Kier molecular flexibility index (Phi) is 16.4. The van der Waals surface area contributed by atoms with E-state index in [9.17, 15) is 14.4 Å². The summed E-state index contributed by atoms with van der Waals surface area (Å²) in [6.07, 6.45) is 12.0. The van der Waals surface area contributed by atoms with E-state index in [1.807, 2.05) is 31.2 Å². The Morgan fingerprint density at radius 1 is 0.587 bits per heavy atom. The van der Waals surface area contributed by atoms with Crippen LogP contribution < -0.4 is 9.47 Å². The maximum atomic E-state index is 12.7. The van der Waals surface area contributed by atoms with Crippen LogP contribution in [0.25, 0.3) is 11.1 Å². The van der Waals surface area contributed by atoms with Crippen molar-refractivity contribution in [3.8, 4) is 22.6 Å². The molecule has 0 saturated heterocycles. The quantitative estimate of drug-likeness (QED) is 0.0658. The second-order valence-electron chi connectivity index (χ2n) is 11.7. The molecule has 0 amide bonds. The van der Waals surface area contributed by atoms with Gasteiger partial charge in [-0.2, -0.15) is 0 Å². The lowest BCUT2D eigenvalue weighted by molar-refractivity contribution is -0.144. The van der Waals surface area contributed by atoms with Gasteiger partial charge in [0.2, 0.25) is 0 Å². The molecule has 0 radical (unpaired) electrons. The Balaban J connectivity index is 1.38. The fraction of sp³-hybridized carbons (Fsp3) is 0.462. The minimum absolute atomic E-state index is 0.102. The number of rotatable bonds is 21. The van der Waals surface area contributed by atoms with Crippen LogP contribution in [0.3, 0.4) is 0 Å². The van der Waals surface area contributed by atoms with Crippen LogP contribution in [0.5, 0.6) is 11.5 Å². The van der Waals surface area contributed by atoms with E-state index < -0.39 is 5.97 Å². The molecule has 0 aliphatic heterocycles. The molecular weight excluding hydrogens is 580 g/mol. The molecule has 0 spiro atoms. The van der Waals surface area contributed by atoms with Crippen molar-refractivity contribution in [2.75, 3.05) is 13.2 Å². The third-order valence-electron chi connectivity index (χ3n) is 7.69. The molecule has 46 heavy (non-hydrogen) atoms. The third kappa shape index (κ3) is 13.5. The Morgan fingerprint density at radius 2 is 1.13 bits per heavy atom. The normalized spacial score (nSPS) is 11.5. The summed E-state index contributed by atoms with van der Waals surface area (Å²) in [7, 11) is 0. The highest BCUT2D eigenvalue weighted by Crippen LogP contribution is 2.24. The van der Waals surface area contributed by atoms with E-state index in [1.165, 1.54) is 25.7 Å². The molecule has 1 unspecified atom stereocenters. The molecule has 0 bridgehead atoms. The first kappa shape index (κ1) is 36.3. The fourth-order valence-corrected chi connectivity index (χ4v) is 4.92. The van der Waals surface area contributed by atoms with Gasteiger partial charge in [0, 0.05) is 12.8 Å². The van der Waals surface area contributed by atoms with E-state index in [2.05, 4.69) is 13.8 Å². The van der Waals surface area contributed by atoms with E-state index in [0.29, 0.717) is 48.7 Å². The van der Waals surface area contributed by atoms with Gasteiger partial charge in [-0.1, -0.05) is 83.1 Å². The fourth-order valence-electron chi connectivity index (χ4n) is 4.92. The number of carbonyl (C=O) groups is 3. The smallest absolute Gasteiger partial charge is 0.343 e. The Bertz CT molecular complexity index is 1310. The van der Waals surface area contributed by atoms with Crippen LogP contribution in [-0.4, -0.2) is 37.2 Å². The maximum Gasteiger partial charge on any atom is 0.343 e. The van der Waals surface area contributed by atoms with E-state index >= 15 is 0 Å². The van der Waals surface area contributed by atoms with Gasteiger partial charge in [0.1, 0.15) is 11.5 Å². The summed E-state index contributed by atoms with van der Waals surface area (Å²) in [5.41, 5.74) is 2.80. The highest BCUT2D eigenvalue weighted by Gasteiger charge is 2.13. The van der Waals surface area contributed by atoms with Gasteiger partial charge < -0.3 is 18.9 Å². The molecule has 0 saturated carbocycles. The molecule has 1 atom stereocenters. The van der Waals surface area contributed by atoms with Crippen LogP contribution in [0, 0.1) is 0 Å². The van der Waals surface area contributed by atoms with Gasteiger partial charge >= 0.3 is 17.9 Å². The van der Waals surface area contributed by atoms with Crippen molar-refractivity contribution in [2.24, 2.45) is 0 Å². The summed E-state index contributed by atoms with van der Waals surface area (Å²) in [6.45, 7) is 7.03. The molecule has 7 nitrogen and oxygen atoms in total. The summed E-state index contributed by atoms with van der Waals surface area (Å²) in [5, 5.41) is 0. The van der Waals surface area contributed by atoms with Gasteiger partial charge in [0.05, 0.1) is 30.4 Å². The molecular formula is C39H50O7. The molecule has 0 aromatic heterocycles. The van der Waals surface area contributed by atoms with Gasteiger partial charge in [-0.15, -0.1) is 0 Å². The Labute approximate surface area is 274 Å². The summed E-state index contributed by atoms with van der Waals surface area (Å²) in [5.74, 6) is 0.123. The van der Waals surface area contributed by atoms with Crippen molar-refractivity contribution >= 4 is 17.9 Å². The monoisotopic (exact) mass is 630 g/mol. The van der Waals surface area contributed by atoms with E-state index in [0.717, 1.165) is 49.7 Å². The summed E-state index contributed by atoms with van der Waals surface area (Å²) in [6, 6.07) is 21.3. The van der Waals surface area contributed by atoms with Crippen LogP contribution in [-0.2, 0) is 14.3 Å². The summed E-state index contributed by atoms with van der Waals surface area (Å²) >= 11 is 0. The average molecular weight is 631 g/mol. The molecule has 0 fully saturated rings. The number of carbonyl (C=O) groups excluding carboxylic acids is 3. The summed E-state index contributed by atoms with van der Waals surface area (Å²) in [4.78, 5) is 37.0. The topological polar surface area (TPSA) is 88.1 Å². The average Bonchev–Trinajstić information content (AvgIpc) is 3.07. The van der Waals surface area contributed by atoms with Gasteiger partial charge in [0.25, 0.3) is 0 Å². The lowest BCUT2D eigenvalue weighted by Gasteiger charge is -2.13. The molecule has 7 heteroatoms.